The van der Waals surface area contributed by atoms with Crippen LogP contribution in [0.1, 0.15) is 168 Å². The summed E-state index contributed by atoms with van der Waals surface area (Å²) in [6.45, 7) is 2.46. The number of ether oxygens (including phenoxy) is 1. The summed E-state index contributed by atoms with van der Waals surface area (Å²) in [6.07, 6.45) is 43.9. The SMILES string of the molecule is CCC/C=C\C/C=C\CCCCCCCC(=O)NC(COP(=O)(O)OCC(O)COC(=O)CCCCCCCC/C=C\C/C=C\C/C=C\CCCCC)C(=O)O. The third kappa shape index (κ3) is 38.1. The first-order valence-electron chi connectivity index (χ1n) is 21.3. The maximum absolute atomic E-state index is 12.3. The Kier molecular flexibility index (Phi) is 37.1. The van der Waals surface area contributed by atoms with Gasteiger partial charge in [0.1, 0.15) is 12.7 Å². The number of carboxylic acids is 1. The van der Waals surface area contributed by atoms with Crippen molar-refractivity contribution in [2.75, 3.05) is 19.8 Å². The van der Waals surface area contributed by atoms with Crippen molar-refractivity contribution in [2.45, 2.75) is 180 Å². The first-order valence-corrected chi connectivity index (χ1v) is 22.8. The second kappa shape index (κ2) is 39.0. The Labute approximate surface area is 338 Å². The molecular formula is C44H76NO10P. The van der Waals surface area contributed by atoms with E-state index in [0.717, 1.165) is 103 Å². The minimum Gasteiger partial charge on any atom is -0.480 e. The number of aliphatic hydroxyl groups excluding tert-OH is 1. The number of hydrogen-bond donors (Lipinski definition) is 4. The van der Waals surface area contributed by atoms with Crippen molar-refractivity contribution in [1.82, 2.24) is 5.32 Å². The molecule has 0 aromatic rings. The fourth-order valence-electron chi connectivity index (χ4n) is 5.42. The number of rotatable bonds is 39. The molecular weight excluding hydrogens is 733 g/mol. The third-order valence-electron chi connectivity index (χ3n) is 8.76. The summed E-state index contributed by atoms with van der Waals surface area (Å²) in [5, 5.41) is 21.8. The van der Waals surface area contributed by atoms with Gasteiger partial charge >= 0.3 is 19.8 Å². The quantitative estimate of drug-likeness (QED) is 0.0203. The molecule has 0 saturated carbocycles. The molecule has 0 heterocycles. The number of phosphoric ester groups is 1. The van der Waals surface area contributed by atoms with Crippen LogP contribution in [0.2, 0.25) is 0 Å². The molecule has 12 heteroatoms. The lowest BCUT2D eigenvalue weighted by molar-refractivity contribution is -0.147. The number of hydrogen-bond acceptors (Lipinski definition) is 8. The highest BCUT2D eigenvalue weighted by Gasteiger charge is 2.28. The number of nitrogens with one attached hydrogen (secondary N) is 1. The number of amides is 1. The Hall–Kier alpha value is -2.82. The van der Waals surface area contributed by atoms with E-state index in [2.05, 4.69) is 79.9 Å². The van der Waals surface area contributed by atoms with Crippen molar-refractivity contribution in [3.8, 4) is 0 Å². The first kappa shape index (κ1) is 53.2. The molecule has 3 atom stereocenters. The van der Waals surface area contributed by atoms with Gasteiger partial charge in [0.2, 0.25) is 5.91 Å². The topological polar surface area (TPSA) is 169 Å². The van der Waals surface area contributed by atoms with Crippen molar-refractivity contribution in [3.05, 3.63) is 60.8 Å². The number of unbranched alkanes of at least 4 members (excludes halogenated alkanes) is 15. The van der Waals surface area contributed by atoms with E-state index in [1.807, 2.05) is 0 Å². The van der Waals surface area contributed by atoms with E-state index in [-0.39, 0.29) is 12.8 Å². The van der Waals surface area contributed by atoms with E-state index >= 15 is 0 Å². The second-order valence-electron chi connectivity index (χ2n) is 14.2. The molecule has 3 unspecified atom stereocenters. The van der Waals surface area contributed by atoms with Crippen LogP contribution in [0.4, 0.5) is 0 Å². The van der Waals surface area contributed by atoms with Crippen LogP contribution >= 0.6 is 7.82 Å². The fraction of sp³-hybridized carbons (Fsp3) is 0.705. The maximum atomic E-state index is 12.3. The fourth-order valence-corrected chi connectivity index (χ4v) is 6.19. The number of carbonyl (C=O) groups is 3. The van der Waals surface area contributed by atoms with Crippen LogP contribution in [0.3, 0.4) is 0 Å². The summed E-state index contributed by atoms with van der Waals surface area (Å²) in [4.78, 5) is 45.8. The van der Waals surface area contributed by atoms with Gasteiger partial charge in [-0.2, -0.15) is 0 Å². The second-order valence-corrected chi connectivity index (χ2v) is 15.6. The lowest BCUT2D eigenvalue weighted by Gasteiger charge is -2.18. The molecule has 322 valence electrons. The van der Waals surface area contributed by atoms with Gasteiger partial charge in [-0.15, -0.1) is 0 Å². The maximum Gasteiger partial charge on any atom is 0.472 e. The van der Waals surface area contributed by atoms with Crippen LogP contribution in [0, 0.1) is 0 Å². The molecule has 0 aliphatic carbocycles. The van der Waals surface area contributed by atoms with Gasteiger partial charge in [0, 0.05) is 12.8 Å². The number of aliphatic carboxylic acids is 1. The molecule has 0 saturated heterocycles. The van der Waals surface area contributed by atoms with Gasteiger partial charge < -0.3 is 25.2 Å². The molecule has 0 bridgehead atoms. The zero-order valence-electron chi connectivity index (χ0n) is 34.7. The van der Waals surface area contributed by atoms with E-state index < -0.39 is 57.6 Å². The number of phosphoric acid groups is 1. The number of aliphatic hydroxyl groups is 1. The molecule has 11 nitrogen and oxygen atoms in total. The number of carboxylic acid groups (broad SMARTS) is 1. The van der Waals surface area contributed by atoms with Crippen molar-refractivity contribution in [1.29, 1.82) is 0 Å². The standard InChI is InChI=1S/C44H76NO10P/c1-3-5-7-9-11-13-15-17-18-19-20-21-22-24-26-28-30-32-34-36-43(48)53-37-40(46)38-54-56(51,52)55-39-41(44(49)50)45-42(47)35-33-31-29-27-25-23-16-14-12-10-8-6-4-2/h8,10-11,13-14,16-18,20-21,40-41,46H,3-7,9,12,15,19,22-39H2,1-2H3,(H,45,47)(H,49,50)(H,51,52)/b10-8-,13-11-,16-14-,18-17-,21-20-. The average molecular weight is 810 g/mol. The lowest BCUT2D eigenvalue weighted by Crippen LogP contribution is -2.43. The predicted octanol–water partition coefficient (Wildman–Crippen LogP) is 10.8. The summed E-state index contributed by atoms with van der Waals surface area (Å²) in [7, 11) is -4.76. The molecule has 0 fully saturated rings. The van der Waals surface area contributed by atoms with Crippen LogP contribution in [0.15, 0.2) is 60.8 Å². The van der Waals surface area contributed by atoms with Gasteiger partial charge in [0.25, 0.3) is 0 Å². The van der Waals surface area contributed by atoms with Crippen LogP contribution in [-0.4, -0.2) is 64.9 Å². The molecule has 0 aliphatic heterocycles. The van der Waals surface area contributed by atoms with E-state index in [9.17, 15) is 34.1 Å². The summed E-state index contributed by atoms with van der Waals surface area (Å²) in [6, 6.07) is -1.56. The molecule has 56 heavy (non-hydrogen) atoms. The zero-order valence-corrected chi connectivity index (χ0v) is 35.6. The Bertz CT molecular complexity index is 1180. The van der Waals surface area contributed by atoms with Gasteiger partial charge in [0.05, 0.1) is 13.2 Å². The summed E-state index contributed by atoms with van der Waals surface area (Å²) in [5.74, 6) is -2.41. The van der Waals surface area contributed by atoms with Gasteiger partial charge in [-0.05, 0) is 77.0 Å². The first-order chi connectivity index (χ1) is 27.1. The Morgan fingerprint density at radius 3 is 1.54 bits per heavy atom. The number of esters is 1. The minimum atomic E-state index is -4.76. The third-order valence-corrected chi connectivity index (χ3v) is 9.71. The Morgan fingerprint density at radius 2 is 1.02 bits per heavy atom. The highest BCUT2D eigenvalue weighted by Crippen LogP contribution is 2.43. The van der Waals surface area contributed by atoms with Crippen LogP contribution < -0.4 is 5.32 Å². The van der Waals surface area contributed by atoms with Gasteiger partial charge in [0.15, 0.2) is 6.04 Å². The molecule has 1 amide bonds. The van der Waals surface area contributed by atoms with Gasteiger partial charge in [-0.1, -0.05) is 139 Å². The van der Waals surface area contributed by atoms with Crippen LogP contribution in [-0.2, 0) is 32.7 Å². The van der Waals surface area contributed by atoms with E-state index in [1.165, 1.54) is 25.7 Å². The smallest absolute Gasteiger partial charge is 0.472 e. The molecule has 0 aliphatic rings. The zero-order chi connectivity index (χ0) is 41.4. The average Bonchev–Trinajstić information content (AvgIpc) is 3.17. The molecule has 0 spiro atoms. The number of carbonyl (C=O) groups excluding carboxylic acids is 2. The van der Waals surface area contributed by atoms with Crippen LogP contribution in [0.25, 0.3) is 0 Å². The van der Waals surface area contributed by atoms with Crippen molar-refractivity contribution in [2.24, 2.45) is 0 Å². The summed E-state index contributed by atoms with van der Waals surface area (Å²) >= 11 is 0. The largest absolute Gasteiger partial charge is 0.480 e. The Morgan fingerprint density at radius 1 is 0.571 bits per heavy atom. The Balaban J connectivity index is 3.94. The minimum absolute atomic E-state index is 0.126. The van der Waals surface area contributed by atoms with Crippen molar-refractivity contribution in [3.63, 3.8) is 0 Å². The summed E-state index contributed by atoms with van der Waals surface area (Å²) < 4.78 is 26.8. The number of allylic oxidation sites excluding steroid dienone is 10. The lowest BCUT2D eigenvalue weighted by atomic mass is 10.1. The van der Waals surface area contributed by atoms with E-state index in [1.54, 1.807) is 0 Å². The van der Waals surface area contributed by atoms with E-state index in [0.29, 0.717) is 12.8 Å². The van der Waals surface area contributed by atoms with Crippen LogP contribution in [0.5, 0.6) is 0 Å². The van der Waals surface area contributed by atoms with Gasteiger partial charge in [-0.3, -0.25) is 18.6 Å². The van der Waals surface area contributed by atoms with Crippen molar-refractivity contribution < 1.29 is 47.8 Å². The molecule has 0 aromatic carbocycles. The molecule has 0 aromatic heterocycles. The monoisotopic (exact) mass is 810 g/mol. The molecule has 0 radical (unpaired) electrons. The summed E-state index contributed by atoms with van der Waals surface area (Å²) in [5.41, 5.74) is 0. The molecule has 4 N–H and O–H groups in total. The van der Waals surface area contributed by atoms with E-state index in [4.69, 9.17) is 13.8 Å². The van der Waals surface area contributed by atoms with Gasteiger partial charge in [-0.25, -0.2) is 9.36 Å². The highest BCUT2D eigenvalue weighted by atomic mass is 31.2. The predicted molar refractivity (Wildman–Crippen MR) is 226 cm³/mol. The van der Waals surface area contributed by atoms with Crippen molar-refractivity contribution >= 4 is 25.7 Å². The normalized spacial score (nSPS) is 14.4. The highest BCUT2D eigenvalue weighted by molar-refractivity contribution is 7.47. The molecule has 0 rings (SSSR count).